The zero-order valence-corrected chi connectivity index (χ0v) is 8.74. The van der Waals surface area contributed by atoms with E-state index in [1.807, 2.05) is 6.07 Å². The van der Waals surface area contributed by atoms with Gasteiger partial charge in [0.2, 0.25) is 0 Å². The summed E-state index contributed by atoms with van der Waals surface area (Å²) in [5.74, 6) is 0.900. The van der Waals surface area contributed by atoms with Gasteiger partial charge < -0.3 is 5.21 Å². The van der Waals surface area contributed by atoms with E-state index < -0.39 is 0 Å². The molecule has 0 aliphatic rings. The van der Waals surface area contributed by atoms with Crippen LogP contribution in [-0.2, 0) is 0 Å². The molecule has 0 fully saturated rings. The van der Waals surface area contributed by atoms with E-state index in [1.165, 1.54) is 5.56 Å². The molecule has 0 radical (unpaired) electrons. The lowest BCUT2D eigenvalue weighted by molar-refractivity contribution is -0.606. The largest absolute Gasteiger partial charge is 0.619 e. The van der Waals surface area contributed by atoms with Crippen LogP contribution in [0, 0.1) is 5.21 Å². The second-order valence-corrected chi connectivity index (χ2v) is 4.02. The molecule has 0 spiro atoms. The second kappa shape index (κ2) is 3.77. The molecule has 0 bridgehead atoms. The van der Waals surface area contributed by atoms with Gasteiger partial charge in [0, 0.05) is 11.6 Å². The predicted octanol–water partition coefficient (Wildman–Crippen LogP) is 2.57. The van der Waals surface area contributed by atoms with E-state index in [-0.39, 0.29) is 0 Å². The summed E-state index contributed by atoms with van der Waals surface area (Å²) in [5, 5.41) is 11.1. The van der Waals surface area contributed by atoms with Gasteiger partial charge in [0.15, 0.2) is 12.4 Å². The molecular formula is C11H17NO. The van der Waals surface area contributed by atoms with Gasteiger partial charge >= 0.3 is 0 Å². The van der Waals surface area contributed by atoms with E-state index >= 15 is 0 Å². The minimum atomic E-state index is 0.416. The Balaban J connectivity index is 3.19. The first kappa shape index (κ1) is 10.0. The monoisotopic (exact) mass is 179 g/mol. The lowest BCUT2D eigenvalue weighted by Crippen LogP contribution is -2.26. The third-order valence-electron chi connectivity index (χ3n) is 2.24. The number of nitrogens with zero attached hydrogens (tertiary/aromatic N) is 1. The van der Waals surface area contributed by atoms with Crippen LogP contribution in [0.5, 0.6) is 0 Å². The Morgan fingerprint density at radius 2 is 1.62 bits per heavy atom. The molecule has 2 heteroatoms. The number of hydrogen-bond acceptors (Lipinski definition) is 1. The molecule has 0 N–H and O–H groups in total. The average Bonchev–Trinajstić information content (AvgIpc) is 2.03. The summed E-state index contributed by atoms with van der Waals surface area (Å²) in [4.78, 5) is 0. The fourth-order valence-electron chi connectivity index (χ4n) is 1.51. The van der Waals surface area contributed by atoms with Gasteiger partial charge in [-0.05, 0) is 17.4 Å². The van der Waals surface area contributed by atoms with E-state index in [9.17, 15) is 5.21 Å². The highest BCUT2D eigenvalue weighted by atomic mass is 16.5. The number of rotatable bonds is 2. The maximum atomic E-state index is 11.1. The van der Waals surface area contributed by atoms with Crippen LogP contribution in [0.15, 0.2) is 18.5 Å². The van der Waals surface area contributed by atoms with Crippen molar-refractivity contribution >= 4 is 0 Å². The highest BCUT2D eigenvalue weighted by Gasteiger charge is 2.12. The van der Waals surface area contributed by atoms with Crippen LogP contribution in [0.2, 0.25) is 0 Å². The van der Waals surface area contributed by atoms with E-state index in [0.29, 0.717) is 11.8 Å². The standard InChI is InChI=1S/C11H17NO/c1-8(2)10-5-6-12(13)7-11(10)9(3)4/h5-9H,1-4H3. The third-order valence-corrected chi connectivity index (χ3v) is 2.24. The summed E-state index contributed by atoms with van der Waals surface area (Å²) in [7, 11) is 0. The van der Waals surface area contributed by atoms with Gasteiger partial charge in [-0.3, -0.25) is 0 Å². The summed E-state index contributed by atoms with van der Waals surface area (Å²) in [6.45, 7) is 8.52. The summed E-state index contributed by atoms with van der Waals surface area (Å²) in [5.41, 5.74) is 2.44. The molecule has 0 aromatic carbocycles. The Bertz CT molecular complexity index is 292. The van der Waals surface area contributed by atoms with Crippen LogP contribution < -0.4 is 4.73 Å². The molecule has 0 saturated carbocycles. The van der Waals surface area contributed by atoms with Crippen LogP contribution in [0.4, 0.5) is 0 Å². The van der Waals surface area contributed by atoms with Gasteiger partial charge in [-0.15, -0.1) is 0 Å². The van der Waals surface area contributed by atoms with Gasteiger partial charge in [-0.2, -0.15) is 4.73 Å². The van der Waals surface area contributed by atoms with Crippen molar-refractivity contribution in [3.8, 4) is 0 Å². The first-order valence-electron chi connectivity index (χ1n) is 4.75. The topological polar surface area (TPSA) is 26.9 Å². The molecule has 0 amide bonds. The highest BCUT2D eigenvalue weighted by Crippen LogP contribution is 2.23. The Labute approximate surface area is 79.8 Å². The van der Waals surface area contributed by atoms with Crippen LogP contribution >= 0.6 is 0 Å². The molecule has 0 aliphatic carbocycles. The van der Waals surface area contributed by atoms with Crippen LogP contribution in [0.1, 0.15) is 50.7 Å². The molecule has 1 aromatic heterocycles. The molecule has 1 heterocycles. The molecule has 1 aromatic rings. The average molecular weight is 179 g/mol. The van der Waals surface area contributed by atoms with Gasteiger partial charge in [0.25, 0.3) is 0 Å². The summed E-state index contributed by atoms with van der Waals surface area (Å²) in [6.07, 6.45) is 3.25. The zero-order valence-electron chi connectivity index (χ0n) is 8.74. The van der Waals surface area contributed by atoms with E-state index in [2.05, 4.69) is 27.7 Å². The number of aromatic nitrogens is 1. The Morgan fingerprint density at radius 3 is 2.08 bits per heavy atom. The maximum absolute atomic E-state index is 11.1. The zero-order chi connectivity index (χ0) is 10.0. The fraction of sp³-hybridized carbons (Fsp3) is 0.545. The number of hydrogen-bond donors (Lipinski definition) is 0. The smallest absolute Gasteiger partial charge is 0.184 e. The first-order chi connectivity index (χ1) is 6.02. The molecular weight excluding hydrogens is 162 g/mol. The van der Waals surface area contributed by atoms with Crippen molar-refractivity contribution in [2.75, 3.05) is 0 Å². The van der Waals surface area contributed by atoms with Gasteiger partial charge in [0.1, 0.15) is 0 Å². The van der Waals surface area contributed by atoms with E-state index in [4.69, 9.17) is 0 Å². The van der Waals surface area contributed by atoms with Crippen molar-refractivity contribution in [2.24, 2.45) is 0 Å². The van der Waals surface area contributed by atoms with E-state index in [1.54, 1.807) is 12.4 Å². The normalized spacial score (nSPS) is 11.2. The molecule has 0 saturated heterocycles. The van der Waals surface area contributed by atoms with Crippen molar-refractivity contribution in [1.29, 1.82) is 0 Å². The van der Waals surface area contributed by atoms with Crippen molar-refractivity contribution < 1.29 is 4.73 Å². The molecule has 0 unspecified atom stereocenters. The minimum absolute atomic E-state index is 0.416. The van der Waals surface area contributed by atoms with Gasteiger partial charge in [0.05, 0.1) is 0 Å². The van der Waals surface area contributed by atoms with Crippen LogP contribution in [0.25, 0.3) is 0 Å². The van der Waals surface area contributed by atoms with Crippen LogP contribution in [-0.4, -0.2) is 0 Å². The van der Waals surface area contributed by atoms with Crippen molar-refractivity contribution in [3.63, 3.8) is 0 Å². The Morgan fingerprint density at radius 1 is 1.08 bits per heavy atom. The van der Waals surface area contributed by atoms with Crippen molar-refractivity contribution in [3.05, 3.63) is 34.8 Å². The third kappa shape index (κ3) is 2.20. The van der Waals surface area contributed by atoms with Gasteiger partial charge in [-0.25, -0.2) is 0 Å². The molecule has 13 heavy (non-hydrogen) atoms. The molecule has 0 aliphatic heterocycles. The molecule has 0 atom stereocenters. The summed E-state index contributed by atoms with van der Waals surface area (Å²) < 4.78 is 0.876. The minimum Gasteiger partial charge on any atom is -0.619 e. The molecule has 1 rings (SSSR count). The van der Waals surface area contributed by atoms with Crippen LogP contribution in [0.3, 0.4) is 0 Å². The second-order valence-electron chi connectivity index (χ2n) is 4.02. The maximum Gasteiger partial charge on any atom is 0.184 e. The summed E-state index contributed by atoms with van der Waals surface area (Å²) >= 11 is 0. The van der Waals surface area contributed by atoms with E-state index in [0.717, 1.165) is 10.3 Å². The lowest BCUT2D eigenvalue weighted by atomic mass is 9.93. The first-order valence-corrected chi connectivity index (χ1v) is 4.75. The van der Waals surface area contributed by atoms with Crippen molar-refractivity contribution in [2.45, 2.75) is 39.5 Å². The van der Waals surface area contributed by atoms with Gasteiger partial charge in [-0.1, -0.05) is 27.7 Å². The highest BCUT2D eigenvalue weighted by molar-refractivity contribution is 5.27. The Kier molecular flexibility index (Phi) is 2.91. The summed E-state index contributed by atoms with van der Waals surface area (Å²) in [6, 6.07) is 1.92. The number of pyridine rings is 1. The quantitative estimate of drug-likeness (QED) is 0.506. The molecule has 2 nitrogen and oxygen atoms in total. The molecule has 72 valence electrons. The van der Waals surface area contributed by atoms with Crippen molar-refractivity contribution in [1.82, 2.24) is 0 Å². The fourth-order valence-corrected chi connectivity index (χ4v) is 1.51. The Hall–Kier alpha value is -1.05. The predicted molar refractivity (Wildman–Crippen MR) is 53.6 cm³/mol. The SMILES string of the molecule is CC(C)c1cc[n+]([O-])cc1C(C)C. The lowest BCUT2D eigenvalue weighted by Gasteiger charge is -2.13.